The van der Waals surface area contributed by atoms with E-state index >= 15 is 0 Å². The van der Waals surface area contributed by atoms with Crippen molar-refractivity contribution in [3.05, 3.63) is 47.3 Å². The number of amides is 1. The summed E-state index contributed by atoms with van der Waals surface area (Å²) in [5.41, 5.74) is 3.57. The van der Waals surface area contributed by atoms with Crippen molar-refractivity contribution in [1.29, 1.82) is 0 Å². The molecule has 5 nitrogen and oxygen atoms in total. The third kappa shape index (κ3) is 4.22. The molecule has 1 aliphatic heterocycles. The quantitative estimate of drug-likeness (QED) is 0.893. The number of hydrogen-bond acceptors (Lipinski definition) is 3. The van der Waals surface area contributed by atoms with Crippen molar-refractivity contribution >= 4 is 18.3 Å². The third-order valence-electron chi connectivity index (χ3n) is 4.36. The molecule has 25 heavy (non-hydrogen) atoms. The van der Waals surface area contributed by atoms with Crippen LogP contribution in [0.3, 0.4) is 0 Å². The first-order chi connectivity index (χ1) is 11.4. The van der Waals surface area contributed by atoms with E-state index in [-0.39, 0.29) is 23.7 Å². The van der Waals surface area contributed by atoms with Gasteiger partial charge in [0, 0.05) is 37.8 Å². The second-order valence-electron chi connectivity index (χ2n) is 7.46. The van der Waals surface area contributed by atoms with Crippen molar-refractivity contribution in [3.8, 4) is 5.69 Å². The molecule has 0 bridgehead atoms. The number of hydrogen-bond donors (Lipinski definition) is 1. The lowest BCUT2D eigenvalue weighted by atomic mass is 9.89. The van der Waals surface area contributed by atoms with Crippen LogP contribution in [0.2, 0.25) is 0 Å². The molecular weight excluding hydrogens is 336 g/mol. The molecular formula is C19H27ClN4O. The van der Waals surface area contributed by atoms with Gasteiger partial charge in [-0.05, 0) is 19.1 Å². The SMILES string of the molecule is Cc1ccc(-n2cc(C(=O)N3CCNCC3)c(C(C)(C)C)n2)cc1.Cl. The summed E-state index contributed by atoms with van der Waals surface area (Å²) < 4.78 is 1.83. The van der Waals surface area contributed by atoms with Gasteiger partial charge in [-0.1, -0.05) is 38.5 Å². The summed E-state index contributed by atoms with van der Waals surface area (Å²) in [4.78, 5) is 14.9. The Bertz CT molecular complexity index is 725. The number of carbonyl (C=O) groups is 1. The summed E-state index contributed by atoms with van der Waals surface area (Å²) in [6, 6.07) is 8.19. The molecule has 136 valence electrons. The number of aromatic nitrogens is 2. The van der Waals surface area contributed by atoms with Crippen molar-refractivity contribution < 1.29 is 4.79 Å². The molecule has 0 spiro atoms. The van der Waals surface area contributed by atoms with Crippen LogP contribution >= 0.6 is 12.4 Å². The van der Waals surface area contributed by atoms with E-state index in [2.05, 4.69) is 45.1 Å². The molecule has 1 aromatic carbocycles. The van der Waals surface area contributed by atoms with E-state index in [0.717, 1.165) is 37.6 Å². The maximum atomic E-state index is 13.0. The second kappa shape index (κ2) is 7.58. The lowest BCUT2D eigenvalue weighted by molar-refractivity contribution is 0.0733. The summed E-state index contributed by atoms with van der Waals surface area (Å²) in [6.45, 7) is 11.6. The minimum atomic E-state index is -0.186. The van der Waals surface area contributed by atoms with Gasteiger partial charge < -0.3 is 10.2 Å². The maximum absolute atomic E-state index is 13.0. The fourth-order valence-corrected chi connectivity index (χ4v) is 2.95. The van der Waals surface area contributed by atoms with Crippen molar-refractivity contribution in [2.45, 2.75) is 33.1 Å². The molecule has 2 heterocycles. The van der Waals surface area contributed by atoms with Crippen LogP contribution < -0.4 is 5.32 Å². The van der Waals surface area contributed by atoms with E-state index < -0.39 is 0 Å². The van der Waals surface area contributed by atoms with E-state index in [4.69, 9.17) is 5.10 Å². The van der Waals surface area contributed by atoms with Gasteiger partial charge in [0.2, 0.25) is 0 Å². The van der Waals surface area contributed by atoms with Gasteiger partial charge in [0.05, 0.1) is 16.9 Å². The van der Waals surface area contributed by atoms with E-state index in [9.17, 15) is 4.79 Å². The van der Waals surface area contributed by atoms with Crippen molar-refractivity contribution in [3.63, 3.8) is 0 Å². The number of nitrogens with one attached hydrogen (secondary N) is 1. The second-order valence-corrected chi connectivity index (χ2v) is 7.46. The number of nitrogens with zero attached hydrogens (tertiary/aromatic N) is 3. The highest BCUT2D eigenvalue weighted by molar-refractivity contribution is 5.95. The van der Waals surface area contributed by atoms with Crippen LogP contribution in [0.5, 0.6) is 0 Å². The molecule has 0 atom stereocenters. The lowest BCUT2D eigenvalue weighted by Gasteiger charge is -2.28. The Kier molecular flexibility index (Phi) is 5.91. The Labute approximate surface area is 155 Å². The fourth-order valence-electron chi connectivity index (χ4n) is 2.95. The predicted molar refractivity (Wildman–Crippen MR) is 103 cm³/mol. The number of rotatable bonds is 2. The van der Waals surface area contributed by atoms with Crippen LogP contribution in [0.1, 0.15) is 42.4 Å². The largest absolute Gasteiger partial charge is 0.336 e. The molecule has 1 N–H and O–H groups in total. The lowest BCUT2D eigenvalue weighted by Crippen LogP contribution is -2.46. The molecule has 1 aromatic heterocycles. The highest BCUT2D eigenvalue weighted by atomic mass is 35.5. The molecule has 1 amide bonds. The summed E-state index contributed by atoms with van der Waals surface area (Å²) in [7, 11) is 0. The van der Waals surface area contributed by atoms with Gasteiger partial charge in [0.1, 0.15) is 0 Å². The Morgan fingerprint density at radius 1 is 1.12 bits per heavy atom. The minimum absolute atomic E-state index is 0. The number of aryl methyl sites for hydroxylation is 1. The smallest absolute Gasteiger partial charge is 0.257 e. The zero-order chi connectivity index (χ0) is 17.3. The Hall–Kier alpha value is -1.85. The van der Waals surface area contributed by atoms with Gasteiger partial charge in [-0.3, -0.25) is 4.79 Å². The highest BCUT2D eigenvalue weighted by Crippen LogP contribution is 2.27. The van der Waals surface area contributed by atoms with Crippen molar-refractivity contribution in [1.82, 2.24) is 20.0 Å². The molecule has 3 rings (SSSR count). The Balaban J connectivity index is 0.00000225. The zero-order valence-electron chi connectivity index (χ0n) is 15.4. The van der Waals surface area contributed by atoms with Gasteiger partial charge in [-0.2, -0.15) is 5.10 Å². The highest BCUT2D eigenvalue weighted by Gasteiger charge is 2.29. The third-order valence-corrected chi connectivity index (χ3v) is 4.36. The molecule has 0 aliphatic carbocycles. The maximum Gasteiger partial charge on any atom is 0.257 e. The summed E-state index contributed by atoms with van der Waals surface area (Å²) in [5.74, 6) is 0.0831. The first-order valence-corrected chi connectivity index (χ1v) is 8.53. The first kappa shape index (κ1) is 19.5. The standard InChI is InChI=1S/C19H26N4O.ClH/c1-14-5-7-15(8-6-14)23-13-16(17(21-23)19(2,3)4)18(24)22-11-9-20-10-12-22;/h5-8,13,20H,9-12H2,1-4H3;1H. The van der Waals surface area contributed by atoms with Crippen LogP contribution in [0.15, 0.2) is 30.5 Å². The number of benzene rings is 1. The van der Waals surface area contributed by atoms with Gasteiger partial charge >= 0.3 is 0 Å². The van der Waals surface area contributed by atoms with Crippen LogP contribution in [-0.4, -0.2) is 46.8 Å². The number of piperazine rings is 1. The summed E-state index contributed by atoms with van der Waals surface area (Å²) in [6.07, 6.45) is 1.88. The van der Waals surface area contributed by atoms with Crippen LogP contribution in [-0.2, 0) is 5.41 Å². The topological polar surface area (TPSA) is 50.2 Å². The molecule has 6 heteroatoms. The van der Waals surface area contributed by atoms with Gasteiger partial charge in [0.25, 0.3) is 5.91 Å². The molecule has 0 unspecified atom stereocenters. The first-order valence-electron chi connectivity index (χ1n) is 8.53. The minimum Gasteiger partial charge on any atom is -0.336 e. The van der Waals surface area contributed by atoms with Crippen molar-refractivity contribution in [2.24, 2.45) is 0 Å². The van der Waals surface area contributed by atoms with Crippen LogP contribution in [0.25, 0.3) is 5.69 Å². The fraction of sp³-hybridized carbons (Fsp3) is 0.474. The van der Waals surface area contributed by atoms with E-state index in [1.807, 2.05) is 27.9 Å². The monoisotopic (exact) mass is 362 g/mol. The van der Waals surface area contributed by atoms with E-state index in [1.54, 1.807) is 0 Å². The Morgan fingerprint density at radius 3 is 2.28 bits per heavy atom. The predicted octanol–water partition coefficient (Wildman–Crippen LogP) is 2.95. The molecule has 2 aromatic rings. The molecule has 0 saturated carbocycles. The van der Waals surface area contributed by atoms with Gasteiger partial charge in [-0.25, -0.2) is 4.68 Å². The molecule has 1 fully saturated rings. The van der Waals surface area contributed by atoms with Crippen LogP contribution in [0.4, 0.5) is 0 Å². The normalized spacial score (nSPS) is 15.0. The Morgan fingerprint density at radius 2 is 1.72 bits per heavy atom. The van der Waals surface area contributed by atoms with Crippen molar-refractivity contribution in [2.75, 3.05) is 26.2 Å². The van der Waals surface area contributed by atoms with Gasteiger partial charge in [-0.15, -0.1) is 12.4 Å². The zero-order valence-corrected chi connectivity index (χ0v) is 16.2. The van der Waals surface area contributed by atoms with E-state index in [0.29, 0.717) is 5.56 Å². The van der Waals surface area contributed by atoms with E-state index in [1.165, 1.54) is 5.56 Å². The average molecular weight is 363 g/mol. The van der Waals surface area contributed by atoms with Gasteiger partial charge in [0.15, 0.2) is 0 Å². The molecule has 1 aliphatic rings. The number of carbonyl (C=O) groups excluding carboxylic acids is 1. The number of halogens is 1. The average Bonchev–Trinajstić information content (AvgIpc) is 3.01. The molecule has 0 radical (unpaired) electrons. The summed E-state index contributed by atoms with van der Waals surface area (Å²) in [5, 5.41) is 8.04. The molecule has 1 saturated heterocycles. The summed E-state index contributed by atoms with van der Waals surface area (Å²) >= 11 is 0. The van der Waals surface area contributed by atoms with Crippen LogP contribution in [0, 0.1) is 6.92 Å².